The normalized spacial score (nSPS) is 43.7. The van der Waals surface area contributed by atoms with Crippen molar-refractivity contribution in [2.45, 2.75) is 18.9 Å². The minimum Gasteiger partial charge on any atom is -0.393 e. The molecule has 52 valence electrons. The van der Waals surface area contributed by atoms with Crippen LogP contribution in [0.25, 0.3) is 0 Å². The van der Waals surface area contributed by atoms with Gasteiger partial charge in [-0.05, 0) is 37.8 Å². The second kappa shape index (κ2) is 1.96. The van der Waals surface area contributed by atoms with Crippen LogP contribution in [0.4, 0.5) is 0 Å². The third-order valence-corrected chi connectivity index (χ3v) is 2.63. The van der Waals surface area contributed by atoms with E-state index in [1.165, 1.54) is 0 Å². The molecule has 1 aliphatic carbocycles. The molecule has 0 unspecified atom stereocenters. The second-order valence-corrected chi connectivity index (χ2v) is 3.30. The number of rotatable bonds is 0. The van der Waals surface area contributed by atoms with Gasteiger partial charge in [-0.3, -0.25) is 0 Å². The van der Waals surface area contributed by atoms with Crippen molar-refractivity contribution in [1.82, 2.24) is 5.32 Å². The van der Waals surface area contributed by atoms with E-state index in [1.54, 1.807) is 0 Å². The van der Waals surface area contributed by atoms with Gasteiger partial charge in [0, 0.05) is 0 Å². The van der Waals surface area contributed by atoms with Crippen molar-refractivity contribution in [3.8, 4) is 0 Å². The quantitative estimate of drug-likeness (QED) is 0.479. The van der Waals surface area contributed by atoms with Crippen LogP contribution in [0.15, 0.2) is 0 Å². The van der Waals surface area contributed by atoms with Gasteiger partial charge in [-0.25, -0.2) is 0 Å². The highest BCUT2D eigenvalue weighted by atomic mass is 16.3. The maximum Gasteiger partial charge on any atom is 0.0546 e. The molecule has 1 aliphatic heterocycles. The van der Waals surface area contributed by atoms with Gasteiger partial charge >= 0.3 is 0 Å². The SMILES string of the molecule is OC1C[C@@H]2CNC[C@H]2C1. The molecule has 9 heavy (non-hydrogen) atoms. The molecule has 2 aliphatic rings. The van der Waals surface area contributed by atoms with Crippen molar-refractivity contribution < 1.29 is 5.11 Å². The summed E-state index contributed by atoms with van der Waals surface area (Å²) in [6.45, 7) is 2.28. The van der Waals surface area contributed by atoms with Crippen LogP contribution < -0.4 is 5.32 Å². The summed E-state index contributed by atoms with van der Waals surface area (Å²) in [7, 11) is 0. The van der Waals surface area contributed by atoms with Crippen LogP contribution in [-0.2, 0) is 0 Å². The lowest BCUT2D eigenvalue weighted by atomic mass is 10.0. The van der Waals surface area contributed by atoms with Crippen molar-refractivity contribution in [3.05, 3.63) is 0 Å². The van der Waals surface area contributed by atoms with Crippen LogP contribution in [0.3, 0.4) is 0 Å². The molecule has 0 aromatic heterocycles. The number of hydrogen-bond donors (Lipinski definition) is 2. The molecule has 1 heterocycles. The molecular formula is C7H13NO. The molecule has 1 saturated heterocycles. The molecule has 0 aromatic rings. The molecule has 0 aromatic carbocycles. The van der Waals surface area contributed by atoms with E-state index in [1.807, 2.05) is 0 Å². The molecule has 0 spiro atoms. The zero-order valence-corrected chi connectivity index (χ0v) is 5.51. The highest BCUT2D eigenvalue weighted by Crippen LogP contribution is 2.33. The lowest BCUT2D eigenvalue weighted by Gasteiger charge is -2.02. The van der Waals surface area contributed by atoms with E-state index >= 15 is 0 Å². The average molecular weight is 127 g/mol. The Kier molecular flexibility index (Phi) is 1.24. The van der Waals surface area contributed by atoms with Gasteiger partial charge in [0.05, 0.1) is 6.10 Å². The van der Waals surface area contributed by atoms with Crippen LogP contribution in [0.5, 0.6) is 0 Å². The largest absolute Gasteiger partial charge is 0.393 e. The molecule has 0 radical (unpaired) electrons. The Morgan fingerprint density at radius 3 is 2.22 bits per heavy atom. The number of aliphatic hydroxyl groups is 1. The number of hydrogen-bond acceptors (Lipinski definition) is 2. The van der Waals surface area contributed by atoms with E-state index < -0.39 is 0 Å². The van der Waals surface area contributed by atoms with Gasteiger partial charge in [-0.2, -0.15) is 0 Å². The topological polar surface area (TPSA) is 32.3 Å². The zero-order chi connectivity index (χ0) is 6.27. The molecule has 0 bridgehead atoms. The molecule has 1 saturated carbocycles. The standard InChI is InChI=1S/C7H13NO/c9-7-1-5-3-8-4-6(5)2-7/h5-9H,1-4H2/t5-,6-/m1/s1. The van der Waals surface area contributed by atoms with Crippen LogP contribution in [0.1, 0.15) is 12.8 Å². The van der Waals surface area contributed by atoms with E-state index in [-0.39, 0.29) is 6.10 Å². The minimum absolute atomic E-state index is 0.0158. The van der Waals surface area contributed by atoms with Crippen molar-refractivity contribution >= 4 is 0 Å². The summed E-state index contributed by atoms with van der Waals surface area (Å²) in [4.78, 5) is 0. The summed E-state index contributed by atoms with van der Waals surface area (Å²) < 4.78 is 0. The van der Waals surface area contributed by atoms with E-state index in [0.29, 0.717) is 0 Å². The first-order valence-corrected chi connectivity index (χ1v) is 3.75. The second-order valence-electron chi connectivity index (χ2n) is 3.30. The molecule has 0 amide bonds. The summed E-state index contributed by atoms with van der Waals surface area (Å²) >= 11 is 0. The zero-order valence-electron chi connectivity index (χ0n) is 5.51. The summed E-state index contributed by atoms with van der Waals surface area (Å²) in [5.74, 6) is 1.58. The van der Waals surface area contributed by atoms with Gasteiger partial charge in [0.1, 0.15) is 0 Å². The highest BCUT2D eigenvalue weighted by molar-refractivity contribution is 4.90. The van der Waals surface area contributed by atoms with Crippen LogP contribution in [-0.4, -0.2) is 24.3 Å². The number of aliphatic hydroxyl groups excluding tert-OH is 1. The first-order chi connectivity index (χ1) is 4.36. The van der Waals surface area contributed by atoms with E-state index in [0.717, 1.165) is 37.8 Å². The Hall–Kier alpha value is -0.0800. The Labute approximate surface area is 55.3 Å². The van der Waals surface area contributed by atoms with E-state index in [2.05, 4.69) is 5.32 Å². The van der Waals surface area contributed by atoms with Crippen molar-refractivity contribution in [2.75, 3.05) is 13.1 Å². The molecular weight excluding hydrogens is 114 g/mol. The van der Waals surface area contributed by atoms with Gasteiger partial charge < -0.3 is 10.4 Å². The first-order valence-electron chi connectivity index (χ1n) is 3.75. The predicted molar refractivity (Wildman–Crippen MR) is 35.1 cm³/mol. The first kappa shape index (κ1) is 5.69. The third-order valence-electron chi connectivity index (χ3n) is 2.63. The van der Waals surface area contributed by atoms with E-state index in [4.69, 9.17) is 0 Å². The van der Waals surface area contributed by atoms with Crippen LogP contribution in [0, 0.1) is 11.8 Å². The monoisotopic (exact) mass is 127 g/mol. The van der Waals surface area contributed by atoms with Crippen LogP contribution >= 0.6 is 0 Å². The lowest BCUT2D eigenvalue weighted by molar-refractivity contribution is 0.173. The highest BCUT2D eigenvalue weighted by Gasteiger charge is 2.35. The number of fused-ring (bicyclic) bond motifs is 1. The van der Waals surface area contributed by atoms with Gasteiger partial charge in [0.2, 0.25) is 0 Å². The van der Waals surface area contributed by atoms with Gasteiger partial charge in [0.25, 0.3) is 0 Å². The van der Waals surface area contributed by atoms with Crippen molar-refractivity contribution in [3.63, 3.8) is 0 Å². The lowest BCUT2D eigenvalue weighted by Crippen LogP contribution is -2.13. The van der Waals surface area contributed by atoms with Gasteiger partial charge in [-0.15, -0.1) is 0 Å². The third kappa shape index (κ3) is 0.864. The van der Waals surface area contributed by atoms with Crippen molar-refractivity contribution in [1.29, 1.82) is 0 Å². The average Bonchev–Trinajstić information content (AvgIpc) is 2.22. The fourth-order valence-electron chi connectivity index (χ4n) is 2.13. The van der Waals surface area contributed by atoms with Crippen molar-refractivity contribution in [2.24, 2.45) is 11.8 Å². The Morgan fingerprint density at radius 1 is 1.11 bits per heavy atom. The molecule has 2 nitrogen and oxygen atoms in total. The van der Waals surface area contributed by atoms with Gasteiger partial charge in [-0.1, -0.05) is 0 Å². The maximum atomic E-state index is 9.21. The smallest absolute Gasteiger partial charge is 0.0546 e. The summed E-state index contributed by atoms with van der Waals surface area (Å²) in [5.41, 5.74) is 0. The summed E-state index contributed by atoms with van der Waals surface area (Å²) in [6.07, 6.45) is 2.09. The molecule has 2 heteroatoms. The summed E-state index contributed by atoms with van der Waals surface area (Å²) in [5, 5.41) is 12.5. The van der Waals surface area contributed by atoms with Crippen LogP contribution in [0.2, 0.25) is 0 Å². The fraction of sp³-hybridized carbons (Fsp3) is 1.00. The Bertz CT molecular complexity index is 103. The molecule has 2 atom stereocenters. The Balaban J connectivity index is 2.02. The fourth-order valence-corrected chi connectivity index (χ4v) is 2.13. The van der Waals surface area contributed by atoms with E-state index in [9.17, 15) is 5.11 Å². The molecule has 2 fully saturated rings. The molecule has 2 N–H and O–H groups in total. The number of nitrogens with one attached hydrogen (secondary N) is 1. The molecule has 2 rings (SSSR count). The maximum absolute atomic E-state index is 9.21. The van der Waals surface area contributed by atoms with Gasteiger partial charge in [0.15, 0.2) is 0 Å². The Morgan fingerprint density at radius 2 is 1.67 bits per heavy atom. The summed E-state index contributed by atoms with van der Waals surface area (Å²) in [6, 6.07) is 0. The predicted octanol–water partition coefficient (Wildman–Crippen LogP) is -0.0233. The minimum atomic E-state index is 0.0158.